The summed E-state index contributed by atoms with van der Waals surface area (Å²) < 4.78 is 8.23. The van der Waals surface area contributed by atoms with E-state index in [0.29, 0.717) is 0 Å². The molecule has 0 amide bonds. The van der Waals surface area contributed by atoms with Crippen LogP contribution in [0, 0.1) is 0 Å². The summed E-state index contributed by atoms with van der Waals surface area (Å²) in [5.41, 5.74) is 18.1. The average molecular weight is 853 g/mol. The minimum Gasteiger partial charge on any atom is -0.376 e. The molecule has 63 heavy (non-hydrogen) atoms. The van der Waals surface area contributed by atoms with Crippen LogP contribution in [0.3, 0.4) is 0 Å². The number of aromatic nitrogens is 1. The molecule has 7 aromatic carbocycles. The fourth-order valence-corrected chi connectivity index (χ4v) is 14.3. The zero-order valence-corrected chi connectivity index (χ0v) is 39.8. The van der Waals surface area contributed by atoms with E-state index in [4.69, 9.17) is 0 Å². The van der Waals surface area contributed by atoms with Crippen LogP contribution in [0.5, 0.6) is 0 Å². The van der Waals surface area contributed by atoms with Crippen molar-refractivity contribution in [3.63, 3.8) is 0 Å². The summed E-state index contributed by atoms with van der Waals surface area (Å²) in [6.45, 7) is 23.9. The predicted molar refractivity (Wildman–Crippen MR) is 278 cm³/mol. The molecule has 0 saturated heterocycles. The van der Waals surface area contributed by atoms with Crippen molar-refractivity contribution >= 4 is 114 Å². The van der Waals surface area contributed by atoms with Crippen molar-refractivity contribution in [2.24, 2.45) is 0 Å². The van der Waals surface area contributed by atoms with Crippen LogP contribution in [-0.4, -0.2) is 11.4 Å². The molecule has 310 valence electrons. The summed E-state index contributed by atoms with van der Waals surface area (Å²) in [4.78, 5) is 2.73. The van der Waals surface area contributed by atoms with Gasteiger partial charge in [-0.25, -0.2) is 0 Å². The van der Waals surface area contributed by atoms with Crippen LogP contribution in [0.1, 0.15) is 104 Å². The molecular formula is C58H53BN2S2. The highest BCUT2D eigenvalue weighted by atomic mass is 32.1. The molecule has 0 fully saturated rings. The molecule has 1 aliphatic carbocycles. The van der Waals surface area contributed by atoms with Gasteiger partial charge in [0.25, 0.3) is 0 Å². The third-order valence-electron chi connectivity index (χ3n) is 15.5. The Balaban J connectivity index is 1.29. The summed E-state index contributed by atoms with van der Waals surface area (Å²) in [5, 5.41) is 8.30. The highest BCUT2D eigenvalue weighted by Gasteiger charge is 2.47. The Kier molecular flexibility index (Phi) is 7.42. The van der Waals surface area contributed by atoms with Gasteiger partial charge in [0.05, 0.1) is 11.0 Å². The lowest BCUT2D eigenvalue weighted by Gasteiger charge is -2.43. The molecule has 5 heterocycles. The van der Waals surface area contributed by atoms with Crippen molar-refractivity contribution in [3.05, 3.63) is 138 Å². The van der Waals surface area contributed by atoms with Gasteiger partial charge >= 0.3 is 6.85 Å². The third kappa shape index (κ3) is 5.07. The average Bonchev–Trinajstić information content (AvgIpc) is 3.92. The number of thiophene rings is 2. The van der Waals surface area contributed by atoms with Crippen molar-refractivity contribution in [2.45, 2.75) is 104 Å². The maximum absolute atomic E-state index is 2.75. The second-order valence-electron chi connectivity index (χ2n) is 22.4. The molecule has 0 saturated carbocycles. The first-order valence-electron chi connectivity index (χ1n) is 23.0. The monoisotopic (exact) mass is 852 g/mol. The topological polar surface area (TPSA) is 8.17 Å². The number of anilines is 2. The highest BCUT2D eigenvalue weighted by Crippen LogP contribution is 2.55. The zero-order valence-electron chi connectivity index (χ0n) is 38.2. The summed E-state index contributed by atoms with van der Waals surface area (Å²) in [7, 11) is 0. The molecule has 3 aliphatic rings. The van der Waals surface area contributed by atoms with E-state index in [-0.39, 0.29) is 28.5 Å². The van der Waals surface area contributed by atoms with Gasteiger partial charge in [0.15, 0.2) is 0 Å². The molecule has 0 bridgehead atoms. The van der Waals surface area contributed by atoms with E-state index in [2.05, 4.69) is 194 Å². The molecule has 13 rings (SSSR count). The van der Waals surface area contributed by atoms with Gasteiger partial charge in [0.1, 0.15) is 0 Å². The zero-order chi connectivity index (χ0) is 43.3. The van der Waals surface area contributed by atoms with Crippen molar-refractivity contribution in [2.75, 3.05) is 4.81 Å². The van der Waals surface area contributed by atoms with Crippen LogP contribution in [0.15, 0.2) is 115 Å². The SMILES string of the molecule is CC(C)(C)c1ccc(N2B3c4cc5sc6ccccc6c5cc4-n4c5cc6c(cc5c5c7sc8ccccc8c7c(c3c54)-c3cc(C(C)(C)C)ccc32)C(C)(C)CCC6(C)C)cc1. The fourth-order valence-electron chi connectivity index (χ4n) is 11.9. The summed E-state index contributed by atoms with van der Waals surface area (Å²) in [6, 6.07) is 45.7. The molecule has 10 aromatic rings. The standard InChI is InChI=1S/C58H53BN2S2/c1-55(2,3)32-19-22-34(23-20-32)61-43-24-21-33(56(4,5)6)27-38(43)49-50-36-16-12-14-18-47(36)63-54(50)51-39-28-40-41(58(9,10)26-25-57(40,7)8)30-44(39)60-45-29-37-35-15-11-13-17-46(35)62-48(37)31-42(45)59(61)52(49)53(51)60/h11-24,27-31H,25-26H2,1-10H3. The van der Waals surface area contributed by atoms with Gasteiger partial charge in [-0.1, -0.05) is 124 Å². The van der Waals surface area contributed by atoms with Gasteiger partial charge in [0.2, 0.25) is 0 Å². The second-order valence-corrected chi connectivity index (χ2v) is 24.5. The Morgan fingerprint density at radius 2 is 1.19 bits per heavy atom. The lowest BCUT2D eigenvalue weighted by Crippen LogP contribution is -2.60. The maximum Gasteiger partial charge on any atom is 0.333 e. The van der Waals surface area contributed by atoms with Crippen LogP contribution in [0.2, 0.25) is 0 Å². The molecule has 3 aromatic heterocycles. The minimum atomic E-state index is -0.0528. The summed E-state index contributed by atoms with van der Waals surface area (Å²) >= 11 is 3.94. The van der Waals surface area contributed by atoms with Crippen LogP contribution < -0.4 is 15.7 Å². The quantitative estimate of drug-likeness (QED) is 0.149. The lowest BCUT2D eigenvalue weighted by atomic mass is 9.43. The fraction of sp³-hybridized carbons (Fsp3) is 0.276. The summed E-state index contributed by atoms with van der Waals surface area (Å²) in [6.07, 6.45) is 2.37. The second kappa shape index (κ2) is 12.3. The number of fused-ring (bicyclic) bond motifs is 17. The molecule has 0 atom stereocenters. The summed E-state index contributed by atoms with van der Waals surface area (Å²) in [5.74, 6) is 0. The predicted octanol–water partition coefficient (Wildman–Crippen LogP) is 15.7. The maximum atomic E-state index is 2.75. The van der Waals surface area contributed by atoms with Gasteiger partial charge in [-0.2, -0.15) is 0 Å². The van der Waals surface area contributed by atoms with Crippen LogP contribution >= 0.6 is 22.7 Å². The van der Waals surface area contributed by atoms with Gasteiger partial charge in [-0.05, 0) is 134 Å². The Morgan fingerprint density at radius 1 is 0.556 bits per heavy atom. The molecule has 2 nitrogen and oxygen atoms in total. The van der Waals surface area contributed by atoms with Gasteiger partial charge in [-0.3, -0.25) is 0 Å². The van der Waals surface area contributed by atoms with Crippen LogP contribution in [0.25, 0.3) is 79.0 Å². The molecule has 0 N–H and O–H groups in total. The number of hydrogen-bond acceptors (Lipinski definition) is 3. The Bertz CT molecular complexity index is 3650. The number of rotatable bonds is 1. The molecule has 0 spiro atoms. The number of benzene rings is 7. The minimum absolute atomic E-state index is 0.0187. The van der Waals surface area contributed by atoms with Crippen molar-refractivity contribution in [1.82, 2.24) is 4.57 Å². The van der Waals surface area contributed by atoms with Crippen molar-refractivity contribution in [3.8, 4) is 16.8 Å². The highest BCUT2D eigenvalue weighted by molar-refractivity contribution is 7.27. The molecular weight excluding hydrogens is 800 g/mol. The first-order chi connectivity index (χ1) is 30.0. The van der Waals surface area contributed by atoms with Gasteiger partial charge in [0, 0.05) is 73.7 Å². The lowest BCUT2D eigenvalue weighted by molar-refractivity contribution is 0.332. The Labute approximate surface area is 379 Å². The Morgan fingerprint density at radius 3 is 1.89 bits per heavy atom. The third-order valence-corrected chi connectivity index (χ3v) is 17.9. The largest absolute Gasteiger partial charge is 0.376 e. The first kappa shape index (κ1) is 38.1. The normalized spacial score (nSPS) is 16.5. The number of hydrogen-bond donors (Lipinski definition) is 0. The van der Waals surface area contributed by atoms with E-state index in [1.54, 1.807) is 0 Å². The first-order valence-corrected chi connectivity index (χ1v) is 24.6. The van der Waals surface area contributed by atoms with Crippen molar-refractivity contribution in [1.29, 1.82) is 0 Å². The van der Waals surface area contributed by atoms with E-state index >= 15 is 0 Å². The van der Waals surface area contributed by atoms with Gasteiger partial charge < -0.3 is 9.38 Å². The van der Waals surface area contributed by atoms with E-state index in [1.165, 1.54) is 136 Å². The number of nitrogens with zero attached hydrogens (tertiary/aromatic N) is 2. The van der Waals surface area contributed by atoms with E-state index < -0.39 is 0 Å². The smallest absolute Gasteiger partial charge is 0.333 e. The molecule has 0 unspecified atom stereocenters. The van der Waals surface area contributed by atoms with E-state index in [0.717, 1.165) is 0 Å². The van der Waals surface area contributed by atoms with Gasteiger partial charge in [-0.15, -0.1) is 22.7 Å². The Hall–Kier alpha value is -5.36. The molecule has 5 heteroatoms. The molecule has 0 radical (unpaired) electrons. The molecule has 2 aliphatic heterocycles. The van der Waals surface area contributed by atoms with Crippen LogP contribution in [0.4, 0.5) is 11.4 Å². The van der Waals surface area contributed by atoms with Crippen molar-refractivity contribution < 1.29 is 0 Å². The van der Waals surface area contributed by atoms with E-state index in [1.807, 2.05) is 22.7 Å². The van der Waals surface area contributed by atoms with Crippen LogP contribution in [-0.2, 0) is 21.7 Å². The van der Waals surface area contributed by atoms with E-state index in [9.17, 15) is 0 Å².